The maximum atomic E-state index is 8.71. The van der Waals surface area contributed by atoms with E-state index in [4.69, 9.17) is 10.9 Å². The van der Waals surface area contributed by atoms with Gasteiger partial charge in [0.25, 0.3) is 0 Å². The van der Waals surface area contributed by atoms with Crippen LogP contribution in [0.1, 0.15) is 18.4 Å². The number of hydrogen-bond acceptors (Lipinski definition) is 4. The highest BCUT2D eigenvalue weighted by Gasteiger charge is 2.22. The molecule has 20 heavy (non-hydrogen) atoms. The maximum absolute atomic E-state index is 8.71. The van der Waals surface area contributed by atoms with Crippen molar-refractivity contribution < 1.29 is 5.21 Å². The van der Waals surface area contributed by atoms with Gasteiger partial charge in [-0.2, -0.15) is 0 Å². The summed E-state index contributed by atoms with van der Waals surface area (Å²) < 4.78 is 0.977. The van der Waals surface area contributed by atoms with E-state index >= 15 is 0 Å². The van der Waals surface area contributed by atoms with Gasteiger partial charge in [-0.15, -0.1) is 0 Å². The van der Waals surface area contributed by atoms with E-state index in [1.165, 1.54) is 12.8 Å². The molecule has 0 aromatic heterocycles. The molecule has 1 aromatic carbocycles. The molecule has 0 radical (unpaired) electrons. The molecule has 1 aliphatic rings. The van der Waals surface area contributed by atoms with E-state index in [0.717, 1.165) is 23.2 Å². The van der Waals surface area contributed by atoms with Crippen LogP contribution in [0.3, 0.4) is 0 Å². The Morgan fingerprint density at radius 2 is 2.05 bits per heavy atom. The first kappa shape index (κ1) is 15.1. The van der Waals surface area contributed by atoms with E-state index in [9.17, 15) is 0 Å². The summed E-state index contributed by atoms with van der Waals surface area (Å²) in [5.74, 6) is 0.128. The average Bonchev–Trinajstić information content (AvgIpc) is 2.46. The Morgan fingerprint density at radius 1 is 1.40 bits per heavy atom. The number of nitrogens with two attached hydrogens (primary N) is 1. The Balaban J connectivity index is 2.11. The highest BCUT2D eigenvalue weighted by molar-refractivity contribution is 9.10. The van der Waals surface area contributed by atoms with Gasteiger partial charge in [-0.1, -0.05) is 5.16 Å². The molecule has 3 N–H and O–H groups in total. The zero-order valence-corrected chi connectivity index (χ0v) is 13.5. The summed E-state index contributed by atoms with van der Waals surface area (Å²) in [6.45, 7) is 2.09. The Morgan fingerprint density at radius 3 is 2.55 bits per heavy atom. The number of piperidine rings is 1. The van der Waals surface area contributed by atoms with Gasteiger partial charge in [-0.05, 0) is 61.1 Å². The van der Waals surface area contributed by atoms with E-state index in [1.807, 2.05) is 18.2 Å². The zero-order chi connectivity index (χ0) is 14.7. The van der Waals surface area contributed by atoms with Crippen molar-refractivity contribution in [3.8, 4) is 0 Å². The SMILES string of the molecule is CN(C)C1CCN(c2ccc(/C(N)=N/O)cc2Br)CC1. The van der Waals surface area contributed by atoms with Crippen LogP contribution in [-0.2, 0) is 0 Å². The van der Waals surface area contributed by atoms with Gasteiger partial charge >= 0.3 is 0 Å². The van der Waals surface area contributed by atoms with Crippen molar-refractivity contribution in [3.05, 3.63) is 28.2 Å². The fraction of sp³-hybridized carbons (Fsp3) is 0.500. The van der Waals surface area contributed by atoms with Crippen LogP contribution >= 0.6 is 15.9 Å². The van der Waals surface area contributed by atoms with Crippen molar-refractivity contribution in [1.82, 2.24) is 4.90 Å². The molecule has 0 saturated carbocycles. The molecule has 1 fully saturated rings. The average molecular weight is 341 g/mol. The molecule has 0 atom stereocenters. The van der Waals surface area contributed by atoms with Gasteiger partial charge in [0.2, 0.25) is 0 Å². The highest BCUT2D eigenvalue weighted by Crippen LogP contribution is 2.30. The van der Waals surface area contributed by atoms with Gasteiger partial charge in [0.1, 0.15) is 0 Å². The third kappa shape index (κ3) is 3.24. The molecule has 5 nitrogen and oxygen atoms in total. The van der Waals surface area contributed by atoms with E-state index in [0.29, 0.717) is 11.6 Å². The molecular weight excluding hydrogens is 320 g/mol. The molecule has 1 aromatic rings. The highest BCUT2D eigenvalue weighted by atomic mass is 79.9. The molecular formula is C14H21BrN4O. The molecule has 1 heterocycles. The lowest BCUT2D eigenvalue weighted by atomic mass is 10.0. The molecule has 1 saturated heterocycles. The topological polar surface area (TPSA) is 65.1 Å². The van der Waals surface area contributed by atoms with E-state index < -0.39 is 0 Å². The summed E-state index contributed by atoms with van der Waals surface area (Å²) in [4.78, 5) is 4.67. The second kappa shape index (κ2) is 6.45. The van der Waals surface area contributed by atoms with Crippen molar-refractivity contribution in [2.75, 3.05) is 32.1 Å². The standard InChI is InChI=1S/C14H21BrN4O/c1-18(2)11-5-7-19(8-6-11)13-4-3-10(9-12(13)15)14(16)17-20/h3-4,9,11,20H,5-8H2,1-2H3,(H2,16,17). The van der Waals surface area contributed by atoms with Crippen molar-refractivity contribution in [1.29, 1.82) is 0 Å². The van der Waals surface area contributed by atoms with Crippen molar-refractivity contribution in [3.63, 3.8) is 0 Å². The molecule has 0 bridgehead atoms. The van der Waals surface area contributed by atoms with Gasteiger partial charge in [0, 0.05) is 29.2 Å². The molecule has 110 valence electrons. The predicted molar refractivity (Wildman–Crippen MR) is 85.6 cm³/mol. The van der Waals surface area contributed by atoms with Gasteiger partial charge in [-0.3, -0.25) is 0 Å². The summed E-state index contributed by atoms with van der Waals surface area (Å²) >= 11 is 3.58. The molecule has 6 heteroatoms. The first-order chi connectivity index (χ1) is 9.52. The molecule has 1 aliphatic heterocycles. The minimum Gasteiger partial charge on any atom is -0.409 e. The summed E-state index contributed by atoms with van der Waals surface area (Å²) in [6, 6.07) is 6.46. The minimum atomic E-state index is 0.128. The van der Waals surface area contributed by atoms with E-state index in [1.54, 1.807) is 0 Å². The van der Waals surface area contributed by atoms with Crippen LogP contribution in [0.15, 0.2) is 27.8 Å². The van der Waals surface area contributed by atoms with Crippen LogP contribution in [-0.4, -0.2) is 49.2 Å². The normalized spacial score (nSPS) is 17.8. The Bertz CT molecular complexity index is 496. The number of oxime groups is 1. The quantitative estimate of drug-likeness (QED) is 0.382. The maximum Gasteiger partial charge on any atom is 0.170 e. The summed E-state index contributed by atoms with van der Waals surface area (Å²) in [6.07, 6.45) is 2.34. The van der Waals surface area contributed by atoms with Crippen molar-refractivity contribution in [2.45, 2.75) is 18.9 Å². The third-order valence-electron chi connectivity index (χ3n) is 3.89. The predicted octanol–water partition coefficient (Wildman–Crippen LogP) is 2.07. The zero-order valence-electron chi connectivity index (χ0n) is 11.9. The number of halogens is 1. The van der Waals surface area contributed by atoms with Crippen LogP contribution in [0.5, 0.6) is 0 Å². The monoisotopic (exact) mass is 340 g/mol. The second-order valence-electron chi connectivity index (χ2n) is 5.33. The Hall–Kier alpha value is -1.27. The molecule has 0 unspecified atom stereocenters. The van der Waals surface area contributed by atoms with Gasteiger partial charge in [0.05, 0.1) is 5.69 Å². The van der Waals surface area contributed by atoms with Gasteiger partial charge in [-0.25, -0.2) is 0 Å². The molecule has 2 rings (SSSR count). The second-order valence-corrected chi connectivity index (χ2v) is 6.19. The molecule has 0 aliphatic carbocycles. The molecule has 0 spiro atoms. The number of benzene rings is 1. The summed E-state index contributed by atoms with van der Waals surface area (Å²) in [5.41, 5.74) is 7.48. The van der Waals surface area contributed by atoms with E-state index in [2.05, 4.69) is 45.0 Å². The number of amidine groups is 1. The smallest absolute Gasteiger partial charge is 0.170 e. The number of hydrogen-bond donors (Lipinski definition) is 2. The van der Waals surface area contributed by atoms with E-state index in [-0.39, 0.29) is 5.84 Å². The van der Waals surface area contributed by atoms with Gasteiger partial charge < -0.3 is 20.7 Å². The lowest BCUT2D eigenvalue weighted by Crippen LogP contribution is -2.42. The van der Waals surface area contributed by atoms with Crippen LogP contribution in [0, 0.1) is 0 Å². The first-order valence-electron chi connectivity index (χ1n) is 6.71. The van der Waals surface area contributed by atoms with Crippen LogP contribution < -0.4 is 10.6 Å². The number of nitrogens with zero attached hydrogens (tertiary/aromatic N) is 3. The fourth-order valence-corrected chi connectivity index (χ4v) is 3.23. The summed E-state index contributed by atoms with van der Waals surface area (Å²) in [5, 5.41) is 11.7. The largest absolute Gasteiger partial charge is 0.409 e. The first-order valence-corrected chi connectivity index (χ1v) is 7.51. The third-order valence-corrected chi connectivity index (χ3v) is 4.52. The fourth-order valence-electron chi connectivity index (χ4n) is 2.60. The lowest BCUT2D eigenvalue weighted by molar-refractivity contribution is 0.249. The van der Waals surface area contributed by atoms with Crippen molar-refractivity contribution >= 4 is 27.5 Å². The minimum absolute atomic E-state index is 0.128. The Labute approximate surface area is 128 Å². The van der Waals surface area contributed by atoms with Crippen LogP contribution in [0.25, 0.3) is 0 Å². The summed E-state index contributed by atoms with van der Waals surface area (Å²) in [7, 11) is 4.28. The van der Waals surface area contributed by atoms with Crippen LogP contribution in [0.2, 0.25) is 0 Å². The lowest BCUT2D eigenvalue weighted by Gasteiger charge is -2.37. The Kier molecular flexibility index (Phi) is 4.88. The van der Waals surface area contributed by atoms with Crippen LogP contribution in [0.4, 0.5) is 5.69 Å². The molecule has 0 amide bonds. The number of anilines is 1. The van der Waals surface area contributed by atoms with Crippen molar-refractivity contribution in [2.24, 2.45) is 10.9 Å². The number of rotatable bonds is 3. The van der Waals surface area contributed by atoms with Gasteiger partial charge in [0.15, 0.2) is 5.84 Å².